The summed E-state index contributed by atoms with van der Waals surface area (Å²) in [5, 5.41) is 11.1. The highest BCUT2D eigenvalue weighted by molar-refractivity contribution is 5.95. The summed E-state index contributed by atoms with van der Waals surface area (Å²) in [6.07, 6.45) is 1.75. The summed E-state index contributed by atoms with van der Waals surface area (Å²) in [6.45, 7) is 4.53. The smallest absolute Gasteiger partial charge is 0.253 e. The van der Waals surface area contributed by atoms with Crippen LogP contribution in [0.3, 0.4) is 0 Å². The van der Waals surface area contributed by atoms with E-state index >= 15 is 0 Å². The molecule has 1 saturated heterocycles. The topological polar surface area (TPSA) is 90.1 Å². The molecule has 6 heteroatoms. The van der Waals surface area contributed by atoms with Crippen molar-refractivity contribution in [1.82, 2.24) is 15.5 Å². The Bertz CT molecular complexity index is 534. The molecule has 20 heavy (non-hydrogen) atoms. The molecule has 2 fully saturated rings. The molecule has 1 aliphatic heterocycles. The van der Waals surface area contributed by atoms with Gasteiger partial charge in [0.2, 0.25) is 0 Å². The largest absolute Gasteiger partial charge is 0.376 e. The molecule has 3 rings (SSSR count). The van der Waals surface area contributed by atoms with Crippen molar-refractivity contribution in [1.29, 1.82) is 0 Å². The van der Waals surface area contributed by atoms with Crippen molar-refractivity contribution in [3.8, 4) is 0 Å². The number of aromatic nitrogens is 2. The predicted molar refractivity (Wildman–Crippen MR) is 73.2 cm³/mol. The number of hydrogen-bond acceptors (Lipinski definition) is 5. The summed E-state index contributed by atoms with van der Waals surface area (Å²) in [4.78, 5) is 12.4. The zero-order valence-corrected chi connectivity index (χ0v) is 11.8. The van der Waals surface area contributed by atoms with Gasteiger partial charge in [-0.15, -0.1) is 0 Å². The predicted octanol–water partition coefficient (Wildman–Crippen LogP) is 0.192. The van der Waals surface area contributed by atoms with Crippen molar-refractivity contribution < 1.29 is 9.53 Å². The lowest BCUT2D eigenvalue weighted by Crippen LogP contribution is -2.69. The number of amides is 1. The van der Waals surface area contributed by atoms with Crippen LogP contribution in [0.1, 0.15) is 35.1 Å². The van der Waals surface area contributed by atoms with Gasteiger partial charge < -0.3 is 15.8 Å². The van der Waals surface area contributed by atoms with Crippen LogP contribution in [-0.4, -0.2) is 40.9 Å². The van der Waals surface area contributed by atoms with Crippen molar-refractivity contribution in [2.24, 2.45) is 11.7 Å². The van der Waals surface area contributed by atoms with Crippen LogP contribution >= 0.6 is 0 Å². The number of nitrogens with two attached hydrogens (primary N) is 1. The van der Waals surface area contributed by atoms with Gasteiger partial charge in [0.15, 0.2) is 0 Å². The Balaban J connectivity index is 1.75. The molecule has 0 aromatic carbocycles. The summed E-state index contributed by atoms with van der Waals surface area (Å²) in [7, 11) is 0. The molecule has 1 aliphatic carbocycles. The number of ether oxygens (including phenoxy) is 1. The highest BCUT2D eigenvalue weighted by Gasteiger charge is 2.52. The van der Waals surface area contributed by atoms with Crippen molar-refractivity contribution in [3.05, 3.63) is 23.0 Å². The van der Waals surface area contributed by atoms with Crippen LogP contribution in [-0.2, 0) is 11.2 Å². The van der Waals surface area contributed by atoms with Crippen LogP contribution in [0.25, 0.3) is 0 Å². The number of carbonyl (C=O) groups excluding carboxylic acids is 1. The van der Waals surface area contributed by atoms with Gasteiger partial charge in [-0.2, -0.15) is 10.2 Å². The lowest BCUT2D eigenvalue weighted by molar-refractivity contribution is -0.0161. The van der Waals surface area contributed by atoms with Crippen LogP contribution in [0.2, 0.25) is 0 Å². The van der Waals surface area contributed by atoms with Gasteiger partial charge >= 0.3 is 0 Å². The summed E-state index contributed by atoms with van der Waals surface area (Å²) in [5.74, 6) is 0.262. The second-order valence-electron chi connectivity index (χ2n) is 5.56. The Kier molecular flexibility index (Phi) is 3.43. The minimum absolute atomic E-state index is 0.00702. The molecule has 1 aromatic rings. The van der Waals surface area contributed by atoms with E-state index in [2.05, 4.69) is 15.5 Å². The molecular weight excluding hydrogens is 256 g/mol. The summed E-state index contributed by atoms with van der Waals surface area (Å²) >= 11 is 0. The van der Waals surface area contributed by atoms with E-state index in [1.54, 1.807) is 6.07 Å². The van der Waals surface area contributed by atoms with Crippen molar-refractivity contribution in [2.45, 2.75) is 44.9 Å². The number of rotatable bonds is 3. The van der Waals surface area contributed by atoms with E-state index in [4.69, 9.17) is 10.5 Å². The summed E-state index contributed by atoms with van der Waals surface area (Å²) in [5.41, 5.74) is 8.15. The molecule has 1 aromatic heterocycles. The zero-order chi connectivity index (χ0) is 14.3. The molecule has 2 heterocycles. The average molecular weight is 276 g/mol. The third-order valence-electron chi connectivity index (χ3n) is 4.32. The fourth-order valence-electron chi connectivity index (χ4n) is 3.13. The zero-order valence-electron chi connectivity index (χ0n) is 11.8. The van der Waals surface area contributed by atoms with Gasteiger partial charge in [0, 0.05) is 18.6 Å². The molecule has 1 saturated carbocycles. The van der Waals surface area contributed by atoms with Gasteiger partial charge in [-0.05, 0) is 25.8 Å². The number of fused-ring (bicyclic) bond motifs is 1. The minimum Gasteiger partial charge on any atom is -0.376 e. The van der Waals surface area contributed by atoms with E-state index in [9.17, 15) is 4.79 Å². The fourth-order valence-corrected chi connectivity index (χ4v) is 3.13. The van der Waals surface area contributed by atoms with E-state index in [-0.39, 0.29) is 24.1 Å². The third-order valence-corrected chi connectivity index (χ3v) is 4.32. The Morgan fingerprint density at radius 3 is 3.10 bits per heavy atom. The maximum absolute atomic E-state index is 12.4. The number of nitrogens with zero attached hydrogens (tertiary/aromatic N) is 2. The highest BCUT2D eigenvalue weighted by Crippen LogP contribution is 2.37. The molecule has 0 spiro atoms. The normalized spacial score (nSPS) is 31.6. The fraction of sp³-hybridized carbons (Fsp3) is 0.643. The Morgan fingerprint density at radius 1 is 1.55 bits per heavy atom. The van der Waals surface area contributed by atoms with Gasteiger partial charge in [0.1, 0.15) is 0 Å². The van der Waals surface area contributed by atoms with Crippen LogP contribution in [0, 0.1) is 12.8 Å². The average Bonchev–Trinajstić information content (AvgIpc) is 2.89. The molecule has 2 aliphatic rings. The first-order valence-corrected chi connectivity index (χ1v) is 7.13. The SMILES string of the molecule is CCc1nnc(C)cc1C(=O)NC1C(N)C2CCOC21. The van der Waals surface area contributed by atoms with E-state index in [1.807, 2.05) is 13.8 Å². The number of hydrogen-bond donors (Lipinski definition) is 2. The number of nitrogens with one attached hydrogen (secondary N) is 1. The van der Waals surface area contributed by atoms with Gasteiger partial charge in [-0.3, -0.25) is 4.79 Å². The number of aryl methyl sites for hydroxylation is 2. The highest BCUT2D eigenvalue weighted by atomic mass is 16.5. The van der Waals surface area contributed by atoms with Gasteiger partial charge in [0.05, 0.1) is 29.1 Å². The van der Waals surface area contributed by atoms with Gasteiger partial charge in [0.25, 0.3) is 5.91 Å². The van der Waals surface area contributed by atoms with E-state index in [0.29, 0.717) is 23.6 Å². The van der Waals surface area contributed by atoms with E-state index < -0.39 is 0 Å². The van der Waals surface area contributed by atoms with Crippen molar-refractivity contribution in [3.63, 3.8) is 0 Å². The Morgan fingerprint density at radius 2 is 2.35 bits per heavy atom. The van der Waals surface area contributed by atoms with Gasteiger partial charge in [-0.1, -0.05) is 6.92 Å². The molecule has 1 amide bonds. The lowest BCUT2D eigenvalue weighted by Gasteiger charge is -2.45. The molecule has 3 N–H and O–H groups in total. The Hall–Kier alpha value is -1.53. The number of carbonyl (C=O) groups is 1. The van der Waals surface area contributed by atoms with E-state index in [0.717, 1.165) is 18.7 Å². The second-order valence-corrected chi connectivity index (χ2v) is 5.56. The molecule has 4 atom stereocenters. The van der Waals surface area contributed by atoms with Crippen LogP contribution < -0.4 is 11.1 Å². The quantitative estimate of drug-likeness (QED) is 0.822. The molecule has 0 radical (unpaired) electrons. The summed E-state index contributed by atoms with van der Waals surface area (Å²) < 4.78 is 5.63. The first-order valence-electron chi connectivity index (χ1n) is 7.13. The first-order chi connectivity index (χ1) is 9.61. The Labute approximate surface area is 118 Å². The van der Waals surface area contributed by atoms with Crippen LogP contribution in [0.4, 0.5) is 0 Å². The van der Waals surface area contributed by atoms with Crippen molar-refractivity contribution in [2.75, 3.05) is 6.61 Å². The van der Waals surface area contributed by atoms with Gasteiger partial charge in [-0.25, -0.2) is 0 Å². The standard InChI is InChI=1S/C14H20N4O2/c1-3-10-9(6-7(2)17-18-10)14(19)16-12-11(15)8-4-5-20-13(8)12/h6,8,11-13H,3-5,15H2,1-2H3,(H,16,19). The van der Waals surface area contributed by atoms with Crippen LogP contribution in [0.5, 0.6) is 0 Å². The van der Waals surface area contributed by atoms with Crippen LogP contribution in [0.15, 0.2) is 6.07 Å². The second kappa shape index (κ2) is 5.10. The minimum atomic E-state index is -0.130. The summed E-state index contributed by atoms with van der Waals surface area (Å²) in [6, 6.07) is 1.68. The van der Waals surface area contributed by atoms with Crippen molar-refractivity contribution >= 4 is 5.91 Å². The molecule has 108 valence electrons. The molecular formula is C14H20N4O2. The maximum atomic E-state index is 12.4. The monoisotopic (exact) mass is 276 g/mol. The molecule has 6 nitrogen and oxygen atoms in total. The molecule has 0 bridgehead atoms. The lowest BCUT2D eigenvalue weighted by atomic mass is 9.72. The molecule has 4 unspecified atom stereocenters. The first kappa shape index (κ1) is 13.5. The maximum Gasteiger partial charge on any atom is 0.253 e. The van der Waals surface area contributed by atoms with E-state index in [1.165, 1.54) is 0 Å². The third kappa shape index (κ3) is 2.09.